The molecule has 8 nitrogen and oxygen atoms in total. The Morgan fingerprint density at radius 1 is 1.07 bits per heavy atom. The molecule has 150 valence electrons. The molecular formula is C20H19N3O5S. The van der Waals surface area contributed by atoms with Crippen molar-refractivity contribution in [2.75, 3.05) is 16.4 Å². The lowest BCUT2D eigenvalue weighted by atomic mass is 10.2. The predicted molar refractivity (Wildman–Crippen MR) is 110 cm³/mol. The first-order valence-electron chi connectivity index (χ1n) is 8.77. The van der Waals surface area contributed by atoms with Crippen LogP contribution in [0.5, 0.6) is 0 Å². The minimum atomic E-state index is -0.971. The molecule has 2 amide bonds. The minimum absolute atomic E-state index is 0.0319. The van der Waals surface area contributed by atoms with Crippen LogP contribution in [0.2, 0.25) is 0 Å². The van der Waals surface area contributed by atoms with Crippen LogP contribution >= 0.6 is 11.8 Å². The maximum atomic E-state index is 12.2. The molecule has 29 heavy (non-hydrogen) atoms. The van der Waals surface area contributed by atoms with Gasteiger partial charge in [0.15, 0.2) is 11.7 Å². The van der Waals surface area contributed by atoms with Crippen LogP contribution in [0.15, 0.2) is 58.2 Å². The fraction of sp³-hybridized carbons (Fsp3) is 0.200. The molecule has 0 saturated heterocycles. The molecule has 9 heteroatoms. The van der Waals surface area contributed by atoms with E-state index in [0.717, 1.165) is 11.8 Å². The Labute approximate surface area is 171 Å². The van der Waals surface area contributed by atoms with Crippen LogP contribution in [-0.2, 0) is 19.1 Å². The zero-order valence-corrected chi connectivity index (χ0v) is 16.6. The number of ether oxygens (including phenoxy) is 1. The van der Waals surface area contributed by atoms with E-state index in [0.29, 0.717) is 27.7 Å². The molecule has 0 fully saturated rings. The Kier molecular flexibility index (Phi) is 6.50. The maximum absolute atomic E-state index is 12.2. The molecule has 1 heterocycles. The van der Waals surface area contributed by atoms with E-state index in [1.54, 1.807) is 30.3 Å². The lowest BCUT2D eigenvalue weighted by Crippen LogP contribution is -2.30. The Morgan fingerprint density at radius 3 is 2.38 bits per heavy atom. The number of aromatic nitrogens is 1. The number of anilines is 2. The Bertz CT molecular complexity index is 999. The number of hydrogen-bond acceptors (Lipinski definition) is 7. The smallest absolute Gasteiger partial charge is 0.317 e. The lowest BCUT2D eigenvalue weighted by Gasteiger charge is -2.13. The molecule has 3 rings (SSSR count). The highest BCUT2D eigenvalue weighted by Crippen LogP contribution is 2.23. The van der Waals surface area contributed by atoms with Crippen molar-refractivity contribution < 1.29 is 23.5 Å². The number of hydrogen-bond donors (Lipinski definition) is 2. The molecule has 0 aliphatic heterocycles. The molecule has 2 aromatic carbocycles. The van der Waals surface area contributed by atoms with Gasteiger partial charge in [0.1, 0.15) is 11.3 Å². The zero-order chi connectivity index (χ0) is 20.8. The topological polar surface area (TPSA) is 111 Å². The molecule has 1 aromatic heterocycles. The second kappa shape index (κ2) is 9.24. The van der Waals surface area contributed by atoms with Crippen molar-refractivity contribution in [3.05, 3.63) is 48.5 Å². The summed E-state index contributed by atoms with van der Waals surface area (Å²) in [5.41, 5.74) is 2.49. The summed E-state index contributed by atoms with van der Waals surface area (Å²) < 4.78 is 10.7. The van der Waals surface area contributed by atoms with Gasteiger partial charge in [-0.15, -0.1) is 0 Å². The third kappa shape index (κ3) is 5.82. The number of rotatable bonds is 7. The van der Waals surface area contributed by atoms with Crippen molar-refractivity contribution in [2.45, 2.75) is 25.2 Å². The van der Waals surface area contributed by atoms with Crippen molar-refractivity contribution in [2.24, 2.45) is 0 Å². The first kappa shape index (κ1) is 20.4. The number of benzene rings is 2. The van der Waals surface area contributed by atoms with E-state index < -0.39 is 18.0 Å². The molecule has 0 unspecified atom stereocenters. The number of oxazole rings is 1. The molecule has 3 aromatic rings. The van der Waals surface area contributed by atoms with E-state index in [9.17, 15) is 14.4 Å². The third-order valence-electron chi connectivity index (χ3n) is 3.74. The summed E-state index contributed by atoms with van der Waals surface area (Å²) in [6, 6.07) is 13.9. The molecule has 2 N–H and O–H groups in total. The van der Waals surface area contributed by atoms with E-state index >= 15 is 0 Å². The molecule has 0 aliphatic rings. The summed E-state index contributed by atoms with van der Waals surface area (Å²) in [4.78, 5) is 39.5. The Balaban J connectivity index is 1.47. The number of thioether (sulfide) groups is 1. The highest BCUT2D eigenvalue weighted by Gasteiger charge is 2.19. The van der Waals surface area contributed by atoms with Gasteiger partial charge in [0.05, 0.1) is 0 Å². The van der Waals surface area contributed by atoms with Crippen molar-refractivity contribution in [1.82, 2.24) is 4.98 Å². The van der Waals surface area contributed by atoms with Gasteiger partial charge >= 0.3 is 5.97 Å². The van der Waals surface area contributed by atoms with Gasteiger partial charge in [0.2, 0.25) is 5.91 Å². The van der Waals surface area contributed by atoms with E-state index in [1.807, 2.05) is 18.2 Å². The van der Waals surface area contributed by atoms with E-state index in [1.165, 1.54) is 13.8 Å². The summed E-state index contributed by atoms with van der Waals surface area (Å²) >= 11 is 1.10. The summed E-state index contributed by atoms with van der Waals surface area (Å²) in [7, 11) is 0. The maximum Gasteiger partial charge on any atom is 0.317 e. The Morgan fingerprint density at radius 2 is 1.72 bits per heavy atom. The second-order valence-corrected chi connectivity index (χ2v) is 7.04. The van der Waals surface area contributed by atoms with Crippen LogP contribution in [0, 0.1) is 0 Å². The van der Waals surface area contributed by atoms with Crippen LogP contribution in [0.3, 0.4) is 0 Å². The number of carbonyl (C=O) groups excluding carboxylic acids is 3. The first-order chi connectivity index (χ1) is 13.9. The average Bonchev–Trinajstić information content (AvgIpc) is 3.10. The van der Waals surface area contributed by atoms with Crippen LogP contribution in [-0.4, -0.2) is 34.6 Å². The number of amides is 2. The fourth-order valence-electron chi connectivity index (χ4n) is 2.40. The van der Waals surface area contributed by atoms with E-state index in [-0.39, 0.29) is 11.7 Å². The van der Waals surface area contributed by atoms with Crippen LogP contribution in [0.25, 0.3) is 11.1 Å². The Hall–Kier alpha value is -3.33. The van der Waals surface area contributed by atoms with Crippen molar-refractivity contribution >= 4 is 52.0 Å². The molecule has 0 bridgehead atoms. The van der Waals surface area contributed by atoms with Crippen LogP contribution < -0.4 is 10.6 Å². The molecule has 0 aliphatic carbocycles. The lowest BCUT2D eigenvalue weighted by molar-refractivity contribution is -0.150. The molecular weight excluding hydrogens is 394 g/mol. The SMILES string of the molecule is CC(=O)Nc1ccc(NC(=O)[C@H](C)OC(=O)CSc2nc3ccccc3o2)cc1. The van der Waals surface area contributed by atoms with Gasteiger partial charge in [-0.3, -0.25) is 14.4 Å². The number of fused-ring (bicyclic) bond motifs is 1. The molecule has 1 atom stereocenters. The van der Waals surface area contributed by atoms with Crippen molar-refractivity contribution in [1.29, 1.82) is 0 Å². The van der Waals surface area contributed by atoms with Gasteiger partial charge in [0, 0.05) is 18.3 Å². The summed E-state index contributed by atoms with van der Waals surface area (Å²) in [6.07, 6.45) is -0.971. The fourth-order valence-corrected chi connectivity index (χ4v) is 3.02. The number of carbonyl (C=O) groups is 3. The number of para-hydroxylation sites is 2. The normalized spacial score (nSPS) is 11.7. The van der Waals surface area contributed by atoms with Gasteiger partial charge in [-0.25, -0.2) is 4.98 Å². The van der Waals surface area contributed by atoms with Crippen LogP contribution in [0.1, 0.15) is 13.8 Å². The number of esters is 1. The van der Waals surface area contributed by atoms with Gasteiger partial charge in [-0.1, -0.05) is 23.9 Å². The summed E-state index contributed by atoms with van der Waals surface area (Å²) in [6.45, 7) is 2.90. The molecule has 0 radical (unpaired) electrons. The standard InChI is InChI=1S/C20H19N3O5S/c1-12(19(26)22-15-9-7-14(8-10-15)21-13(2)24)27-18(25)11-29-20-23-16-5-3-4-6-17(16)28-20/h3-10,12H,11H2,1-2H3,(H,21,24)(H,22,26)/t12-/m0/s1. The minimum Gasteiger partial charge on any atom is -0.452 e. The molecule has 0 saturated carbocycles. The van der Waals surface area contributed by atoms with Gasteiger partial charge in [0.25, 0.3) is 11.1 Å². The quantitative estimate of drug-likeness (QED) is 0.451. The highest BCUT2D eigenvalue weighted by molar-refractivity contribution is 7.99. The monoisotopic (exact) mass is 413 g/mol. The van der Waals surface area contributed by atoms with Gasteiger partial charge in [-0.2, -0.15) is 0 Å². The number of nitrogens with zero attached hydrogens (tertiary/aromatic N) is 1. The zero-order valence-electron chi connectivity index (χ0n) is 15.8. The average molecular weight is 413 g/mol. The van der Waals surface area contributed by atoms with Crippen LogP contribution in [0.4, 0.5) is 11.4 Å². The summed E-state index contributed by atoms with van der Waals surface area (Å²) in [5.74, 6) is -1.23. The van der Waals surface area contributed by atoms with Gasteiger partial charge < -0.3 is 19.8 Å². The molecule has 0 spiro atoms. The van der Waals surface area contributed by atoms with Gasteiger partial charge in [-0.05, 0) is 43.3 Å². The van der Waals surface area contributed by atoms with E-state index in [2.05, 4.69) is 15.6 Å². The third-order valence-corrected chi connectivity index (χ3v) is 4.54. The number of nitrogens with one attached hydrogen (secondary N) is 2. The summed E-state index contributed by atoms with van der Waals surface area (Å²) in [5, 5.41) is 5.65. The highest BCUT2D eigenvalue weighted by atomic mass is 32.2. The largest absolute Gasteiger partial charge is 0.452 e. The van der Waals surface area contributed by atoms with Crippen molar-refractivity contribution in [3.8, 4) is 0 Å². The van der Waals surface area contributed by atoms with E-state index in [4.69, 9.17) is 9.15 Å². The predicted octanol–water partition coefficient (Wildman–Crippen LogP) is 3.45. The first-order valence-corrected chi connectivity index (χ1v) is 9.75. The second-order valence-electron chi connectivity index (χ2n) is 6.12. The van der Waals surface area contributed by atoms with Crippen molar-refractivity contribution in [3.63, 3.8) is 0 Å².